The third kappa shape index (κ3) is 5.00. The molecule has 8 nitrogen and oxygen atoms in total. The quantitative estimate of drug-likeness (QED) is 0.457. The highest BCUT2D eigenvalue weighted by atomic mass is 16.5. The number of fused-ring (bicyclic) bond motifs is 2. The lowest BCUT2D eigenvalue weighted by atomic mass is 10.1. The molecule has 2 aliphatic heterocycles. The van der Waals surface area contributed by atoms with Gasteiger partial charge >= 0.3 is 5.97 Å². The monoisotopic (exact) mass is 500 g/mol. The first-order chi connectivity index (χ1) is 17.9. The van der Waals surface area contributed by atoms with Crippen LogP contribution in [0.4, 0.5) is 5.69 Å². The Labute approximate surface area is 215 Å². The number of carbonyl (C=O) groups is 3. The standard InChI is InChI=1S/C29H28N2O6/c1-19(32)37-22-13-25-29(34)30(16-20-9-5-3-6-10-20)24-15-27(36-18-21-11-7-4-8-12-21)26(35-2)14-23(24)28(33)31(25)17-22/h3-12,14-15,22,25H,13,16-18H2,1-2H3/t22-,25+/m1/s1. The molecule has 8 heteroatoms. The van der Waals surface area contributed by atoms with Gasteiger partial charge < -0.3 is 24.0 Å². The fourth-order valence-corrected chi connectivity index (χ4v) is 4.91. The predicted molar refractivity (Wildman–Crippen MR) is 136 cm³/mol. The van der Waals surface area contributed by atoms with Crippen LogP contribution in [0.2, 0.25) is 0 Å². The second kappa shape index (κ2) is 10.3. The number of hydrogen-bond donors (Lipinski definition) is 0. The molecule has 2 atom stereocenters. The van der Waals surface area contributed by atoms with Gasteiger partial charge in [-0.05, 0) is 17.2 Å². The van der Waals surface area contributed by atoms with Crippen LogP contribution < -0.4 is 14.4 Å². The molecule has 2 aliphatic rings. The SMILES string of the molecule is COc1cc2c(cc1OCc1ccccc1)N(Cc1ccccc1)C(=O)[C@@H]1C[C@@H](OC(C)=O)CN1C2=O. The Kier molecular flexibility index (Phi) is 6.81. The van der Waals surface area contributed by atoms with Gasteiger partial charge in [-0.15, -0.1) is 0 Å². The van der Waals surface area contributed by atoms with Gasteiger partial charge in [0.2, 0.25) is 5.91 Å². The van der Waals surface area contributed by atoms with Gasteiger partial charge in [-0.1, -0.05) is 60.7 Å². The van der Waals surface area contributed by atoms with Crippen LogP contribution in [-0.4, -0.2) is 48.5 Å². The molecule has 5 rings (SSSR count). The summed E-state index contributed by atoms with van der Waals surface area (Å²) in [4.78, 5) is 42.4. The third-order valence-electron chi connectivity index (χ3n) is 6.63. The van der Waals surface area contributed by atoms with Crippen molar-refractivity contribution in [2.24, 2.45) is 0 Å². The number of esters is 1. The number of nitrogens with zero attached hydrogens (tertiary/aromatic N) is 2. The average molecular weight is 501 g/mol. The Bertz CT molecular complexity index is 1310. The van der Waals surface area contributed by atoms with Crippen molar-refractivity contribution < 1.29 is 28.6 Å². The van der Waals surface area contributed by atoms with Crippen LogP contribution in [0.5, 0.6) is 11.5 Å². The number of benzene rings is 3. The van der Waals surface area contributed by atoms with Gasteiger partial charge in [0.15, 0.2) is 11.5 Å². The van der Waals surface area contributed by atoms with Crippen LogP contribution in [0.15, 0.2) is 72.8 Å². The van der Waals surface area contributed by atoms with Crippen molar-refractivity contribution in [3.05, 3.63) is 89.5 Å². The molecular weight excluding hydrogens is 472 g/mol. The minimum atomic E-state index is -0.743. The van der Waals surface area contributed by atoms with Gasteiger partial charge in [0.05, 0.1) is 31.5 Å². The van der Waals surface area contributed by atoms with Crippen molar-refractivity contribution >= 4 is 23.5 Å². The predicted octanol–water partition coefficient (Wildman–Crippen LogP) is 3.97. The zero-order valence-corrected chi connectivity index (χ0v) is 20.8. The number of ether oxygens (including phenoxy) is 3. The Balaban J connectivity index is 1.56. The summed E-state index contributed by atoms with van der Waals surface area (Å²) >= 11 is 0. The van der Waals surface area contributed by atoms with E-state index in [9.17, 15) is 14.4 Å². The maximum absolute atomic E-state index is 13.9. The smallest absolute Gasteiger partial charge is 0.302 e. The third-order valence-corrected chi connectivity index (χ3v) is 6.63. The van der Waals surface area contributed by atoms with Crippen LogP contribution in [0.25, 0.3) is 0 Å². The molecule has 190 valence electrons. The van der Waals surface area contributed by atoms with Gasteiger partial charge in [0, 0.05) is 19.4 Å². The Morgan fingerprint density at radius 1 is 0.946 bits per heavy atom. The lowest BCUT2D eigenvalue weighted by Crippen LogP contribution is -2.44. The molecule has 0 bridgehead atoms. The summed E-state index contributed by atoms with van der Waals surface area (Å²) in [5, 5.41) is 0. The Morgan fingerprint density at radius 3 is 2.27 bits per heavy atom. The molecule has 0 aromatic heterocycles. The second-order valence-corrected chi connectivity index (χ2v) is 9.14. The number of methoxy groups -OCH3 is 1. The van der Waals surface area contributed by atoms with E-state index < -0.39 is 18.1 Å². The average Bonchev–Trinajstić information content (AvgIpc) is 3.31. The van der Waals surface area contributed by atoms with Crippen LogP contribution in [0, 0.1) is 0 Å². The van der Waals surface area contributed by atoms with Crippen molar-refractivity contribution in [3.63, 3.8) is 0 Å². The van der Waals surface area contributed by atoms with Crippen molar-refractivity contribution in [2.75, 3.05) is 18.6 Å². The van der Waals surface area contributed by atoms with Gasteiger partial charge in [0.25, 0.3) is 5.91 Å². The van der Waals surface area contributed by atoms with E-state index in [0.717, 1.165) is 11.1 Å². The van der Waals surface area contributed by atoms with E-state index in [0.29, 0.717) is 29.4 Å². The molecule has 0 spiro atoms. The lowest BCUT2D eigenvalue weighted by Gasteiger charge is -2.26. The molecule has 0 aliphatic carbocycles. The topological polar surface area (TPSA) is 85.4 Å². The second-order valence-electron chi connectivity index (χ2n) is 9.14. The molecule has 0 saturated carbocycles. The van der Waals surface area contributed by atoms with Crippen LogP contribution in [-0.2, 0) is 27.5 Å². The summed E-state index contributed by atoms with van der Waals surface area (Å²) in [6.07, 6.45) is -0.288. The highest BCUT2D eigenvalue weighted by Crippen LogP contribution is 2.41. The fraction of sp³-hybridized carbons (Fsp3) is 0.276. The van der Waals surface area contributed by atoms with Crippen molar-refractivity contribution in [3.8, 4) is 11.5 Å². The van der Waals surface area contributed by atoms with E-state index in [1.165, 1.54) is 18.9 Å². The molecule has 3 aromatic rings. The molecule has 1 saturated heterocycles. The molecule has 2 amide bonds. The van der Waals surface area contributed by atoms with E-state index in [4.69, 9.17) is 14.2 Å². The zero-order chi connectivity index (χ0) is 25.9. The van der Waals surface area contributed by atoms with Gasteiger partial charge in [-0.2, -0.15) is 0 Å². The normalized spacial score (nSPS) is 18.6. The van der Waals surface area contributed by atoms with Gasteiger partial charge in [0.1, 0.15) is 18.8 Å². The number of amides is 2. The number of carbonyl (C=O) groups excluding carboxylic acids is 3. The summed E-state index contributed by atoms with van der Waals surface area (Å²) in [6, 6.07) is 21.9. The highest BCUT2D eigenvalue weighted by Gasteiger charge is 2.47. The molecule has 3 aromatic carbocycles. The molecule has 0 unspecified atom stereocenters. The van der Waals surface area contributed by atoms with Gasteiger partial charge in [-0.3, -0.25) is 14.4 Å². The van der Waals surface area contributed by atoms with Gasteiger partial charge in [-0.25, -0.2) is 0 Å². The summed E-state index contributed by atoms with van der Waals surface area (Å²) in [6.45, 7) is 2.05. The zero-order valence-electron chi connectivity index (χ0n) is 20.8. The minimum Gasteiger partial charge on any atom is -0.493 e. The van der Waals surface area contributed by atoms with E-state index in [1.807, 2.05) is 60.7 Å². The van der Waals surface area contributed by atoms with E-state index in [1.54, 1.807) is 17.0 Å². The molecule has 37 heavy (non-hydrogen) atoms. The first kappa shape index (κ1) is 24.4. The first-order valence-corrected chi connectivity index (χ1v) is 12.2. The maximum Gasteiger partial charge on any atom is 0.302 e. The largest absolute Gasteiger partial charge is 0.493 e. The highest BCUT2D eigenvalue weighted by molar-refractivity contribution is 6.11. The summed E-state index contributed by atoms with van der Waals surface area (Å²) in [7, 11) is 1.51. The molecule has 2 heterocycles. The van der Waals surface area contributed by atoms with Crippen molar-refractivity contribution in [2.45, 2.75) is 38.6 Å². The van der Waals surface area contributed by atoms with E-state index in [2.05, 4.69) is 0 Å². The molecular formula is C29H28N2O6. The minimum absolute atomic E-state index is 0.155. The summed E-state index contributed by atoms with van der Waals surface area (Å²) in [5.41, 5.74) is 2.69. The summed E-state index contributed by atoms with van der Waals surface area (Å²) in [5.74, 6) is -0.157. The molecule has 1 fully saturated rings. The summed E-state index contributed by atoms with van der Waals surface area (Å²) < 4.78 is 17.1. The van der Waals surface area contributed by atoms with Crippen LogP contribution in [0.1, 0.15) is 34.8 Å². The molecule has 0 N–H and O–H groups in total. The Hall–Kier alpha value is -4.33. The lowest BCUT2D eigenvalue weighted by molar-refractivity contribution is -0.145. The number of anilines is 1. The number of hydrogen-bond acceptors (Lipinski definition) is 6. The van der Waals surface area contributed by atoms with Crippen LogP contribution >= 0.6 is 0 Å². The van der Waals surface area contributed by atoms with Crippen LogP contribution in [0.3, 0.4) is 0 Å². The first-order valence-electron chi connectivity index (χ1n) is 12.2. The number of rotatable bonds is 7. The molecule has 0 radical (unpaired) electrons. The van der Waals surface area contributed by atoms with E-state index >= 15 is 0 Å². The van der Waals surface area contributed by atoms with Crippen molar-refractivity contribution in [1.82, 2.24) is 4.90 Å². The van der Waals surface area contributed by atoms with E-state index in [-0.39, 0.29) is 31.3 Å². The maximum atomic E-state index is 13.9. The Morgan fingerprint density at radius 2 is 1.62 bits per heavy atom. The fourth-order valence-electron chi connectivity index (χ4n) is 4.91. The van der Waals surface area contributed by atoms with Crippen molar-refractivity contribution in [1.29, 1.82) is 0 Å².